The molecule has 0 rings (SSSR count). The fourth-order valence-corrected chi connectivity index (χ4v) is 3.43. The Morgan fingerprint density at radius 2 is 1.31 bits per heavy atom. The van der Waals surface area contributed by atoms with Gasteiger partial charge in [-0.3, -0.25) is 0 Å². The van der Waals surface area contributed by atoms with Gasteiger partial charge in [0.2, 0.25) is 0 Å². The Labute approximate surface area is 164 Å². The molecule has 0 aliphatic carbocycles. The first-order valence-electron chi connectivity index (χ1n) is 10.5. The van der Waals surface area contributed by atoms with E-state index in [1.165, 1.54) is 0 Å². The van der Waals surface area contributed by atoms with E-state index < -0.39 is 0 Å². The van der Waals surface area contributed by atoms with E-state index in [0.29, 0.717) is 11.3 Å². The highest BCUT2D eigenvalue weighted by Crippen LogP contribution is 2.40. The largest absolute Gasteiger partial charge is 0.375 e. The first kappa shape index (κ1) is 25.9. The molecule has 0 aromatic heterocycles. The van der Waals surface area contributed by atoms with Crippen molar-refractivity contribution < 1.29 is 9.47 Å². The summed E-state index contributed by atoms with van der Waals surface area (Å²) in [5, 5.41) is 0. The van der Waals surface area contributed by atoms with Crippen molar-refractivity contribution in [2.45, 2.75) is 126 Å². The molecule has 0 saturated heterocycles. The van der Waals surface area contributed by atoms with Gasteiger partial charge >= 0.3 is 0 Å². The van der Waals surface area contributed by atoms with Crippen LogP contribution in [0, 0.1) is 16.7 Å². The van der Waals surface area contributed by atoms with Gasteiger partial charge < -0.3 is 15.2 Å². The van der Waals surface area contributed by atoms with E-state index in [1.54, 1.807) is 0 Å². The number of ether oxygens (including phenoxy) is 2. The van der Waals surface area contributed by atoms with Crippen LogP contribution < -0.4 is 5.73 Å². The van der Waals surface area contributed by atoms with Gasteiger partial charge in [0.05, 0.1) is 17.3 Å². The Kier molecular flexibility index (Phi) is 9.34. The molecule has 0 aliphatic heterocycles. The fourth-order valence-electron chi connectivity index (χ4n) is 3.43. The van der Waals surface area contributed by atoms with Gasteiger partial charge in [-0.2, -0.15) is 0 Å². The summed E-state index contributed by atoms with van der Waals surface area (Å²) in [6.45, 7) is 27.5. The van der Waals surface area contributed by atoms with Crippen LogP contribution in [0.5, 0.6) is 0 Å². The molecule has 3 heteroatoms. The smallest absolute Gasteiger partial charge is 0.0678 e. The van der Waals surface area contributed by atoms with E-state index >= 15 is 0 Å². The molecule has 0 radical (unpaired) electrons. The van der Waals surface area contributed by atoms with Gasteiger partial charge in [0.15, 0.2) is 0 Å². The van der Waals surface area contributed by atoms with E-state index in [1.807, 2.05) is 6.92 Å². The van der Waals surface area contributed by atoms with Crippen LogP contribution in [-0.4, -0.2) is 30.0 Å². The van der Waals surface area contributed by atoms with Gasteiger partial charge in [-0.25, -0.2) is 0 Å². The van der Waals surface area contributed by atoms with Crippen molar-refractivity contribution in [3.05, 3.63) is 0 Å². The number of rotatable bonds is 12. The molecular formula is C23H49NO2. The standard InChI is InChI=1S/C23H49NO2/c1-17(2)20(5,6)13-14-25-23(11,12)21(7,8)16-19(4)26-22(9,10)15-18(3)24/h17-19H,13-16,24H2,1-12H3. The summed E-state index contributed by atoms with van der Waals surface area (Å²) in [6.07, 6.45) is 3.06. The Morgan fingerprint density at radius 3 is 1.73 bits per heavy atom. The first-order chi connectivity index (χ1) is 11.4. The first-order valence-corrected chi connectivity index (χ1v) is 10.5. The normalized spacial score (nSPS) is 16.8. The molecule has 0 amide bonds. The van der Waals surface area contributed by atoms with Crippen molar-refractivity contribution in [2.75, 3.05) is 6.61 Å². The van der Waals surface area contributed by atoms with Gasteiger partial charge in [-0.1, -0.05) is 41.5 Å². The zero-order chi connectivity index (χ0) is 21.0. The zero-order valence-electron chi connectivity index (χ0n) is 20.0. The SMILES string of the molecule is CC(N)CC(C)(C)OC(C)CC(C)(C)C(C)(C)OCCC(C)(C)C(C)C. The summed E-state index contributed by atoms with van der Waals surface area (Å²) < 4.78 is 12.7. The van der Waals surface area contributed by atoms with Crippen LogP contribution in [-0.2, 0) is 9.47 Å². The van der Waals surface area contributed by atoms with Gasteiger partial charge in [0.1, 0.15) is 0 Å². The Hall–Kier alpha value is -0.120. The van der Waals surface area contributed by atoms with Gasteiger partial charge in [0.25, 0.3) is 0 Å². The van der Waals surface area contributed by atoms with E-state index in [-0.39, 0.29) is 28.8 Å². The second-order valence-corrected chi connectivity index (χ2v) is 11.2. The van der Waals surface area contributed by atoms with Gasteiger partial charge in [0, 0.05) is 12.6 Å². The molecule has 0 aromatic carbocycles. The molecule has 158 valence electrons. The summed E-state index contributed by atoms with van der Waals surface area (Å²) in [4.78, 5) is 0. The van der Waals surface area contributed by atoms with Crippen LogP contribution in [0.25, 0.3) is 0 Å². The fraction of sp³-hybridized carbons (Fsp3) is 1.00. The maximum absolute atomic E-state index is 6.40. The predicted octanol–water partition coefficient (Wildman–Crippen LogP) is 6.19. The summed E-state index contributed by atoms with van der Waals surface area (Å²) >= 11 is 0. The molecule has 26 heavy (non-hydrogen) atoms. The van der Waals surface area contributed by atoms with Crippen LogP contribution in [0.4, 0.5) is 0 Å². The Morgan fingerprint density at radius 1 is 0.808 bits per heavy atom. The third kappa shape index (κ3) is 8.71. The van der Waals surface area contributed by atoms with Crippen LogP contribution in [0.2, 0.25) is 0 Å². The second-order valence-electron chi connectivity index (χ2n) is 11.2. The molecular weight excluding hydrogens is 322 g/mol. The molecule has 2 N–H and O–H groups in total. The van der Waals surface area contributed by atoms with Crippen molar-refractivity contribution >= 4 is 0 Å². The number of hydrogen-bond donors (Lipinski definition) is 1. The van der Waals surface area contributed by atoms with Crippen LogP contribution >= 0.6 is 0 Å². The number of nitrogens with two attached hydrogens (primary N) is 1. The number of hydrogen-bond acceptors (Lipinski definition) is 3. The molecule has 0 aromatic rings. The molecule has 0 saturated carbocycles. The van der Waals surface area contributed by atoms with Crippen molar-refractivity contribution in [3.8, 4) is 0 Å². The monoisotopic (exact) mass is 371 g/mol. The van der Waals surface area contributed by atoms with Gasteiger partial charge in [-0.05, 0) is 77.6 Å². The molecule has 2 atom stereocenters. The minimum atomic E-state index is -0.205. The molecule has 0 bridgehead atoms. The second kappa shape index (κ2) is 9.39. The Bertz CT molecular complexity index is 408. The minimum Gasteiger partial charge on any atom is -0.375 e. The highest BCUT2D eigenvalue weighted by molar-refractivity contribution is 4.90. The van der Waals surface area contributed by atoms with Crippen molar-refractivity contribution in [3.63, 3.8) is 0 Å². The quantitative estimate of drug-likeness (QED) is 0.445. The molecule has 2 unspecified atom stereocenters. The minimum absolute atomic E-state index is 0.0127. The maximum Gasteiger partial charge on any atom is 0.0678 e. The average molecular weight is 372 g/mol. The molecule has 0 aliphatic rings. The Balaban J connectivity index is 4.75. The average Bonchev–Trinajstić information content (AvgIpc) is 2.33. The van der Waals surface area contributed by atoms with Crippen molar-refractivity contribution in [2.24, 2.45) is 22.5 Å². The molecule has 0 heterocycles. The van der Waals surface area contributed by atoms with Crippen molar-refractivity contribution in [1.82, 2.24) is 0 Å². The highest BCUT2D eigenvalue weighted by Gasteiger charge is 2.40. The lowest BCUT2D eigenvalue weighted by Gasteiger charge is -2.44. The maximum atomic E-state index is 6.40. The summed E-state index contributed by atoms with van der Waals surface area (Å²) in [6, 6.07) is 0.147. The zero-order valence-corrected chi connectivity index (χ0v) is 20.0. The van der Waals surface area contributed by atoms with Crippen LogP contribution in [0.1, 0.15) is 102 Å². The van der Waals surface area contributed by atoms with E-state index in [9.17, 15) is 0 Å². The van der Waals surface area contributed by atoms with E-state index in [0.717, 1.165) is 25.9 Å². The lowest BCUT2D eigenvalue weighted by Crippen LogP contribution is -2.45. The predicted molar refractivity (Wildman–Crippen MR) is 115 cm³/mol. The lowest BCUT2D eigenvalue weighted by molar-refractivity contribution is -0.139. The molecule has 0 fully saturated rings. The third-order valence-electron chi connectivity index (χ3n) is 6.53. The van der Waals surface area contributed by atoms with Crippen molar-refractivity contribution in [1.29, 1.82) is 0 Å². The topological polar surface area (TPSA) is 44.5 Å². The summed E-state index contributed by atoms with van der Waals surface area (Å²) in [5.41, 5.74) is 5.88. The highest BCUT2D eigenvalue weighted by atomic mass is 16.5. The molecule has 0 spiro atoms. The van der Waals surface area contributed by atoms with E-state index in [2.05, 4.69) is 76.2 Å². The third-order valence-corrected chi connectivity index (χ3v) is 6.53. The van der Waals surface area contributed by atoms with Crippen LogP contribution in [0.3, 0.4) is 0 Å². The summed E-state index contributed by atoms with van der Waals surface area (Å²) in [5.74, 6) is 0.655. The van der Waals surface area contributed by atoms with Crippen LogP contribution in [0.15, 0.2) is 0 Å². The lowest BCUT2D eigenvalue weighted by atomic mass is 9.73. The molecule has 3 nitrogen and oxygen atoms in total. The van der Waals surface area contributed by atoms with E-state index in [4.69, 9.17) is 15.2 Å². The van der Waals surface area contributed by atoms with Gasteiger partial charge in [-0.15, -0.1) is 0 Å². The summed E-state index contributed by atoms with van der Waals surface area (Å²) in [7, 11) is 0.